The molecule has 0 fully saturated rings. The van der Waals surface area contributed by atoms with Crippen LogP contribution in [-0.4, -0.2) is 27.1 Å². The maximum atomic E-state index is 12.9. The van der Waals surface area contributed by atoms with Crippen molar-refractivity contribution in [3.8, 4) is 0 Å². The third-order valence-electron chi connectivity index (χ3n) is 3.62. The summed E-state index contributed by atoms with van der Waals surface area (Å²) in [5, 5.41) is 15.5. The van der Waals surface area contributed by atoms with Gasteiger partial charge in [0.25, 0.3) is 0 Å². The van der Waals surface area contributed by atoms with E-state index in [0.29, 0.717) is 17.1 Å². The van der Waals surface area contributed by atoms with E-state index in [2.05, 4.69) is 20.6 Å². The van der Waals surface area contributed by atoms with Crippen molar-refractivity contribution in [2.75, 3.05) is 5.32 Å². The van der Waals surface area contributed by atoms with Gasteiger partial charge in [0, 0.05) is 5.41 Å². The summed E-state index contributed by atoms with van der Waals surface area (Å²) in [4.78, 5) is 20.5. The minimum atomic E-state index is -0.953. The van der Waals surface area contributed by atoms with Crippen molar-refractivity contribution in [1.82, 2.24) is 15.3 Å². The number of aromatic nitrogens is 2. The van der Waals surface area contributed by atoms with Crippen molar-refractivity contribution < 1.29 is 14.3 Å². The molecule has 0 bridgehead atoms. The highest BCUT2D eigenvalue weighted by Crippen LogP contribution is 2.19. The molecule has 6 nitrogen and oxygen atoms in total. The first kappa shape index (κ1) is 18.8. The molecule has 25 heavy (non-hydrogen) atoms. The summed E-state index contributed by atoms with van der Waals surface area (Å²) in [5.41, 5.74) is 0.801. The summed E-state index contributed by atoms with van der Waals surface area (Å²) < 4.78 is 12.9. The molecule has 1 aromatic heterocycles. The van der Waals surface area contributed by atoms with Crippen LogP contribution in [0.25, 0.3) is 0 Å². The zero-order valence-corrected chi connectivity index (χ0v) is 14.7. The smallest absolute Gasteiger partial charge is 0.319 e. The lowest BCUT2D eigenvalue weighted by atomic mass is 9.96. The van der Waals surface area contributed by atoms with Crippen molar-refractivity contribution in [3.05, 3.63) is 53.9 Å². The normalized spacial score (nSPS) is 13.8. The molecule has 0 spiro atoms. The fourth-order valence-corrected chi connectivity index (χ4v) is 2.18. The van der Waals surface area contributed by atoms with Gasteiger partial charge in [-0.05, 0) is 24.6 Å². The first-order valence-electron chi connectivity index (χ1n) is 8.00. The zero-order valence-electron chi connectivity index (χ0n) is 14.7. The quantitative estimate of drug-likeness (QED) is 0.794. The number of amides is 2. The number of nitrogens with one attached hydrogen (secondary N) is 2. The molecule has 2 unspecified atom stereocenters. The number of hydrogen-bond donors (Lipinski definition) is 3. The van der Waals surface area contributed by atoms with Gasteiger partial charge >= 0.3 is 6.03 Å². The number of hydrogen-bond acceptors (Lipinski definition) is 4. The lowest BCUT2D eigenvalue weighted by Gasteiger charge is -2.21. The molecule has 0 saturated heterocycles. The van der Waals surface area contributed by atoms with Gasteiger partial charge in [0.2, 0.25) is 0 Å². The number of aliphatic hydroxyl groups excluding tert-OH is 1. The number of carbonyl (C=O) groups is 1. The van der Waals surface area contributed by atoms with Gasteiger partial charge in [0.05, 0.1) is 30.2 Å². The van der Waals surface area contributed by atoms with E-state index < -0.39 is 18.2 Å². The molecular weight excluding hydrogens is 323 g/mol. The Hall–Kier alpha value is -2.54. The van der Waals surface area contributed by atoms with Gasteiger partial charge in [-0.2, -0.15) is 0 Å². The molecule has 7 heteroatoms. The van der Waals surface area contributed by atoms with Gasteiger partial charge in [-0.25, -0.2) is 19.2 Å². The molecule has 0 aliphatic heterocycles. The number of rotatable bonds is 4. The highest BCUT2D eigenvalue weighted by atomic mass is 19.1. The van der Waals surface area contributed by atoms with E-state index in [0.717, 1.165) is 0 Å². The molecule has 2 amide bonds. The lowest BCUT2D eigenvalue weighted by molar-refractivity contribution is 0.139. The average Bonchev–Trinajstić information content (AvgIpc) is 2.54. The SMILES string of the molecule is CC(NC(=O)Nc1cnc(C(C)(C)C)nc1)C(O)c1ccc(F)cc1. The van der Waals surface area contributed by atoms with Gasteiger partial charge in [0.15, 0.2) is 0 Å². The van der Waals surface area contributed by atoms with E-state index >= 15 is 0 Å². The molecule has 2 rings (SSSR count). The van der Waals surface area contributed by atoms with E-state index in [1.807, 2.05) is 20.8 Å². The average molecular weight is 346 g/mol. The van der Waals surface area contributed by atoms with Crippen molar-refractivity contribution in [3.63, 3.8) is 0 Å². The summed E-state index contributed by atoms with van der Waals surface area (Å²) >= 11 is 0. The predicted molar refractivity (Wildman–Crippen MR) is 93.7 cm³/mol. The fourth-order valence-electron chi connectivity index (χ4n) is 2.18. The van der Waals surface area contributed by atoms with Gasteiger partial charge in [-0.15, -0.1) is 0 Å². The van der Waals surface area contributed by atoms with Crippen LogP contribution in [-0.2, 0) is 5.41 Å². The number of carbonyl (C=O) groups excluding carboxylic acids is 1. The van der Waals surface area contributed by atoms with Crippen LogP contribution in [0.5, 0.6) is 0 Å². The molecule has 2 aromatic rings. The lowest BCUT2D eigenvalue weighted by Crippen LogP contribution is -2.39. The minimum absolute atomic E-state index is 0.172. The van der Waals surface area contributed by atoms with Crippen LogP contribution in [0.4, 0.5) is 14.9 Å². The maximum Gasteiger partial charge on any atom is 0.319 e. The summed E-state index contributed by atoms with van der Waals surface area (Å²) in [7, 11) is 0. The molecule has 0 saturated carbocycles. The van der Waals surface area contributed by atoms with Gasteiger partial charge in [-0.3, -0.25) is 0 Å². The molecule has 0 radical (unpaired) electrons. The van der Waals surface area contributed by atoms with Gasteiger partial charge in [-0.1, -0.05) is 32.9 Å². The third-order valence-corrected chi connectivity index (χ3v) is 3.62. The standard InChI is InChI=1S/C18H23FN4O2/c1-11(15(24)12-5-7-13(19)8-6-12)22-17(25)23-14-9-20-16(21-10-14)18(2,3)4/h5-11,15,24H,1-4H3,(H2,22,23,25). The fraction of sp³-hybridized carbons (Fsp3) is 0.389. The Morgan fingerprint density at radius 1 is 1.16 bits per heavy atom. The Morgan fingerprint density at radius 3 is 2.24 bits per heavy atom. The summed E-state index contributed by atoms with van der Waals surface area (Å²) in [6.45, 7) is 7.66. The molecular formula is C18H23FN4O2. The minimum Gasteiger partial charge on any atom is -0.386 e. The van der Waals surface area contributed by atoms with E-state index in [9.17, 15) is 14.3 Å². The van der Waals surface area contributed by atoms with Crippen LogP contribution in [0, 0.1) is 5.82 Å². The van der Waals surface area contributed by atoms with E-state index in [-0.39, 0.29) is 11.2 Å². The number of benzene rings is 1. The van der Waals surface area contributed by atoms with Crippen molar-refractivity contribution in [1.29, 1.82) is 0 Å². The topological polar surface area (TPSA) is 87.1 Å². The molecule has 3 N–H and O–H groups in total. The van der Waals surface area contributed by atoms with Crippen LogP contribution < -0.4 is 10.6 Å². The number of anilines is 1. The van der Waals surface area contributed by atoms with Gasteiger partial charge < -0.3 is 15.7 Å². The highest BCUT2D eigenvalue weighted by Gasteiger charge is 2.19. The molecule has 134 valence electrons. The molecule has 0 aliphatic rings. The van der Waals surface area contributed by atoms with Crippen LogP contribution in [0.3, 0.4) is 0 Å². The second-order valence-corrected chi connectivity index (χ2v) is 6.93. The first-order valence-corrected chi connectivity index (χ1v) is 8.00. The van der Waals surface area contributed by atoms with Gasteiger partial charge in [0.1, 0.15) is 11.6 Å². The third kappa shape index (κ3) is 5.22. The largest absolute Gasteiger partial charge is 0.386 e. The summed E-state index contributed by atoms with van der Waals surface area (Å²) in [6, 6.07) is 4.43. The Labute approximate surface area is 146 Å². The monoisotopic (exact) mass is 346 g/mol. The Morgan fingerprint density at radius 2 is 1.72 bits per heavy atom. The Bertz CT molecular complexity index is 711. The molecule has 0 aliphatic carbocycles. The van der Waals surface area contributed by atoms with Crippen LogP contribution >= 0.6 is 0 Å². The van der Waals surface area contributed by atoms with Crippen molar-refractivity contribution in [2.45, 2.75) is 45.3 Å². The van der Waals surface area contributed by atoms with Crippen molar-refractivity contribution >= 4 is 11.7 Å². The van der Waals surface area contributed by atoms with E-state index in [4.69, 9.17) is 0 Å². The van der Waals surface area contributed by atoms with Crippen LogP contribution in [0.15, 0.2) is 36.7 Å². The summed E-state index contributed by atoms with van der Waals surface area (Å²) in [6.07, 6.45) is 2.12. The van der Waals surface area contributed by atoms with Crippen molar-refractivity contribution in [2.24, 2.45) is 0 Å². The first-order chi connectivity index (χ1) is 11.7. The number of aliphatic hydroxyl groups is 1. The van der Waals surface area contributed by atoms with Crippen LogP contribution in [0.2, 0.25) is 0 Å². The molecule has 1 heterocycles. The van der Waals surface area contributed by atoms with Crippen LogP contribution in [0.1, 0.15) is 45.2 Å². The molecule has 1 aromatic carbocycles. The maximum absolute atomic E-state index is 12.9. The predicted octanol–water partition coefficient (Wildman–Crippen LogP) is 3.16. The van der Waals surface area contributed by atoms with E-state index in [1.165, 1.54) is 36.7 Å². The number of halogens is 1. The van der Waals surface area contributed by atoms with E-state index in [1.54, 1.807) is 6.92 Å². The Kier molecular flexibility index (Phi) is 5.69. The molecule has 2 atom stereocenters. The Balaban J connectivity index is 1.94. The number of nitrogens with zero attached hydrogens (tertiary/aromatic N) is 2. The number of urea groups is 1. The summed E-state index contributed by atoms with van der Waals surface area (Å²) in [5.74, 6) is 0.298. The second-order valence-electron chi connectivity index (χ2n) is 6.93. The second kappa shape index (κ2) is 7.57. The highest BCUT2D eigenvalue weighted by molar-refractivity contribution is 5.89. The zero-order chi connectivity index (χ0) is 18.6.